The predicted octanol–water partition coefficient (Wildman–Crippen LogP) is 2.90. The highest BCUT2D eigenvalue weighted by Crippen LogP contribution is 2.25. The zero-order chi connectivity index (χ0) is 16.8. The second-order valence-electron chi connectivity index (χ2n) is 4.72. The lowest BCUT2D eigenvalue weighted by Gasteiger charge is -1.96. The maximum atomic E-state index is 11.1. The van der Waals surface area contributed by atoms with Crippen molar-refractivity contribution in [3.63, 3.8) is 0 Å². The molecule has 0 spiro atoms. The second-order valence-corrected chi connectivity index (χ2v) is 5.80. The number of nitro groups is 1. The van der Waals surface area contributed by atoms with E-state index in [1.165, 1.54) is 30.4 Å². The summed E-state index contributed by atoms with van der Waals surface area (Å²) in [5.41, 5.74) is 1.64. The van der Waals surface area contributed by atoms with E-state index in [4.69, 9.17) is 0 Å². The Morgan fingerprint density at radius 3 is 2.61 bits per heavy atom. The van der Waals surface area contributed by atoms with Crippen LogP contribution in [0.15, 0.2) is 24.3 Å². The van der Waals surface area contributed by atoms with Gasteiger partial charge < -0.3 is 10.6 Å². The van der Waals surface area contributed by atoms with E-state index in [1.54, 1.807) is 12.1 Å². The number of nitrogens with zero attached hydrogens (tertiary/aromatic N) is 2. The topological polar surface area (TPSA) is 97.2 Å². The van der Waals surface area contributed by atoms with Crippen LogP contribution in [0.3, 0.4) is 0 Å². The molecule has 23 heavy (non-hydrogen) atoms. The van der Waals surface area contributed by atoms with Crippen LogP contribution in [0.25, 0.3) is 12.2 Å². The standard InChI is InChI=1S/C15H16N4O3S/c1-10(20)17-15-18-13(14(23-15)9-16-2)8-5-11-3-6-12(7-4-11)19(21)22/h3-8,16H,9H2,1-2H3,(H,17,18,20)/b8-5-. The Kier molecular flexibility index (Phi) is 5.56. The highest BCUT2D eigenvalue weighted by molar-refractivity contribution is 7.16. The van der Waals surface area contributed by atoms with Gasteiger partial charge in [0.25, 0.3) is 5.69 Å². The Bertz CT molecular complexity index is 738. The first kappa shape index (κ1) is 16.8. The number of nitro benzene ring substituents is 1. The number of carbonyl (C=O) groups excluding carboxylic acids is 1. The van der Waals surface area contributed by atoms with E-state index >= 15 is 0 Å². The lowest BCUT2D eigenvalue weighted by atomic mass is 10.2. The van der Waals surface area contributed by atoms with Crippen molar-refractivity contribution in [3.8, 4) is 0 Å². The van der Waals surface area contributed by atoms with Crippen molar-refractivity contribution in [2.75, 3.05) is 12.4 Å². The first-order valence-corrected chi connectivity index (χ1v) is 7.65. The van der Waals surface area contributed by atoms with Crippen molar-refractivity contribution >= 4 is 40.2 Å². The van der Waals surface area contributed by atoms with Crippen molar-refractivity contribution in [1.82, 2.24) is 10.3 Å². The van der Waals surface area contributed by atoms with Crippen LogP contribution in [0.1, 0.15) is 23.1 Å². The summed E-state index contributed by atoms with van der Waals surface area (Å²) >= 11 is 1.41. The average molecular weight is 332 g/mol. The molecule has 1 aromatic heterocycles. The van der Waals surface area contributed by atoms with E-state index in [2.05, 4.69) is 15.6 Å². The maximum Gasteiger partial charge on any atom is 0.269 e. The van der Waals surface area contributed by atoms with Gasteiger partial charge in [0.15, 0.2) is 5.13 Å². The number of thiazole rings is 1. The third-order valence-corrected chi connectivity index (χ3v) is 3.87. The first-order chi connectivity index (χ1) is 11.0. The SMILES string of the molecule is CNCc1sc(NC(C)=O)nc1/C=C\c1ccc([N+](=O)[O-])cc1. The van der Waals surface area contributed by atoms with Gasteiger partial charge in [-0.05, 0) is 30.8 Å². The van der Waals surface area contributed by atoms with Crippen LogP contribution in [0.2, 0.25) is 0 Å². The first-order valence-electron chi connectivity index (χ1n) is 6.84. The van der Waals surface area contributed by atoms with Gasteiger partial charge in [-0.2, -0.15) is 0 Å². The Morgan fingerprint density at radius 2 is 2.04 bits per heavy atom. The molecule has 2 N–H and O–H groups in total. The number of anilines is 1. The number of nitrogens with one attached hydrogen (secondary N) is 2. The van der Waals surface area contributed by atoms with Crippen molar-refractivity contribution in [1.29, 1.82) is 0 Å². The average Bonchev–Trinajstić information content (AvgIpc) is 2.87. The quantitative estimate of drug-likeness (QED) is 0.626. The van der Waals surface area contributed by atoms with Gasteiger partial charge in [-0.25, -0.2) is 4.98 Å². The molecule has 0 aliphatic carbocycles. The number of carbonyl (C=O) groups is 1. The van der Waals surface area contributed by atoms with Gasteiger partial charge in [-0.15, -0.1) is 0 Å². The van der Waals surface area contributed by atoms with Crippen molar-refractivity contribution in [2.24, 2.45) is 0 Å². The van der Waals surface area contributed by atoms with Crippen molar-refractivity contribution in [3.05, 3.63) is 50.5 Å². The summed E-state index contributed by atoms with van der Waals surface area (Å²) < 4.78 is 0. The lowest BCUT2D eigenvalue weighted by molar-refractivity contribution is -0.384. The van der Waals surface area contributed by atoms with Gasteiger partial charge in [0, 0.05) is 30.5 Å². The van der Waals surface area contributed by atoms with Gasteiger partial charge in [0.2, 0.25) is 5.91 Å². The highest BCUT2D eigenvalue weighted by Gasteiger charge is 2.09. The number of benzene rings is 1. The predicted molar refractivity (Wildman–Crippen MR) is 91.2 cm³/mol. The fourth-order valence-corrected chi connectivity index (χ4v) is 2.87. The summed E-state index contributed by atoms with van der Waals surface area (Å²) in [5, 5.41) is 16.9. The Labute approximate surface area is 137 Å². The molecule has 0 saturated heterocycles. The van der Waals surface area contributed by atoms with E-state index in [-0.39, 0.29) is 11.6 Å². The summed E-state index contributed by atoms with van der Waals surface area (Å²) in [4.78, 5) is 26.7. The monoisotopic (exact) mass is 332 g/mol. The highest BCUT2D eigenvalue weighted by atomic mass is 32.1. The summed E-state index contributed by atoms with van der Waals surface area (Å²) in [7, 11) is 1.83. The number of hydrogen-bond acceptors (Lipinski definition) is 6. The summed E-state index contributed by atoms with van der Waals surface area (Å²) in [5.74, 6) is -0.166. The van der Waals surface area contributed by atoms with Crippen LogP contribution in [0.5, 0.6) is 0 Å². The molecule has 0 fully saturated rings. The normalized spacial score (nSPS) is 10.9. The third kappa shape index (κ3) is 4.70. The molecule has 120 valence electrons. The Morgan fingerprint density at radius 1 is 1.35 bits per heavy atom. The number of aromatic nitrogens is 1. The molecule has 8 heteroatoms. The van der Waals surface area contributed by atoms with Gasteiger partial charge in [-0.3, -0.25) is 14.9 Å². The smallest absolute Gasteiger partial charge is 0.269 e. The van der Waals surface area contributed by atoms with Crippen LogP contribution < -0.4 is 10.6 Å². The molecule has 2 aromatic rings. The number of rotatable bonds is 6. The largest absolute Gasteiger partial charge is 0.315 e. The fourth-order valence-electron chi connectivity index (χ4n) is 1.87. The zero-order valence-electron chi connectivity index (χ0n) is 12.7. The number of amides is 1. The van der Waals surface area contributed by atoms with Gasteiger partial charge in [0.05, 0.1) is 10.6 Å². The minimum atomic E-state index is -0.432. The molecule has 0 unspecified atom stereocenters. The summed E-state index contributed by atoms with van der Waals surface area (Å²) in [6.07, 6.45) is 3.66. The third-order valence-electron chi connectivity index (χ3n) is 2.89. The van der Waals surface area contributed by atoms with E-state index < -0.39 is 4.92 Å². The molecule has 0 atom stereocenters. The molecule has 0 radical (unpaired) electrons. The van der Waals surface area contributed by atoms with Gasteiger partial charge in [0.1, 0.15) is 0 Å². The minimum absolute atomic E-state index is 0.0552. The van der Waals surface area contributed by atoms with E-state index in [0.29, 0.717) is 11.7 Å². The molecule has 0 aliphatic heterocycles. The molecule has 0 aliphatic rings. The second kappa shape index (κ2) is 7.61. The van der Waals surface area contributed by atoms with Crippen molar-refractivity contribution < 1.29 is 9.72 Å². The van der Waals surface area contributed by atoms with Gasteiger partial charge in [-0.1, -0.05) is 17.4 Å². The molecular formula is C15H16N4O3S. The van der Waals surface area contributed by atoms with Crippen LogP contribution in [0, 0.1) is 10.1 Å². The Balaban J connectivity index is 2.21. The summed E-state index contributed by atoms with van der Waals surface area (Å²) in [6.45, 7) is 2.07. The van der Waals surface area contributed by atoms with Crippen LogP contribution in [-0.2, 0) is 11.3 Å². The Hall–Kier alpha value is -2.58. The lowest BCUT2D eigenvalue weighted by Crippen LogP contribution is -2.04. The molecule has 0 saturated carbocycles. The molecule has 2 rings (SSSR count). The van der Waals surface area contributed by atoms with E-state index in [1.807, 2.05) is 19.2 Å². The molecule has 1 heterocycles. The summed E-state index contributed by atoms with van der Waals surface area (Å²) in [6, 6.07) is 6.26. The molecule has 1 aromatic carbocycles. The molecule has 1 amide bonds. The molecule has 7 nitrogen and oxygen atoms in total. The van der Waals surface area contributed by atoms with Gasteiger partial charge >= 0.3 is 0 Å². The molecular weight excluding hydrogens is 316 g/mol. The van der Waals surface area contributed by atoms with E-state index in [9.17, 15) is 14.9 Å². The van der Waals surface area contributed by atoms with Crippen LogP contribution in [-0.4, -0.2) is 22.9 Å². The number of hydrogen-bond donors (Lipinski definition) is 2. The molecule has 0 bridgehead atoms. The zero-order valence-corrected chi connectivity index (χ0v) is 13.5. The number of non-ortho nitro benzene ring substituents is 1. The van der Waals surface area contributed by atoms with Crippen molar-refractivity contribution in [2.45, 2.75) is 13.5 Å². The van der Waals surface area contributed by atoms with E-state index in [0.717, 1.165) is 16.1 Å². The fraction of sp³-hybridized carbons (Fsp3) is 0.200. The maximum absolute atomic E-state index is 11.1. The van der Waals surface area contributed by atoms with Crippen LogP contribution in [0.4, 0.5) is 10.8 Å². The minimum Gasteiger partial charge on any atom is -0.315 e. The van der Waals surface area contributed by atoms with Crippen LogP contribution >= 0.6 is 11.3 Å².